The fraction of sp³-hybridized carbons (Fsp3) is 0.562. The van der Waals surface area contributed by atoms with Crippen LogP contribution in [0.3, 0.4) is 0 Å². The van der Waals surface area contributed by atoms with Crippen LogP contribution in [-0.4, -0.2) is 5.71 Å². The predicted molar refractivity (Wildman–Crippen MR) is 76.7 cm³/mol. The van der Waals surface area contributed by atoms with Crippen molar-refractivity contribution >= 4 is 11.4 Å². The number of para-hydroxylation sites is 1. The van der Waals surface area contributed by atoms with Crippen LogP contribution >= 0.6 is 0 Å². The van der Waals surface area contributed by atoms with E-state index in [0.717, 1.165) is 11.6 Å². The van der Waals surface area contributed by atoms with Crippen LogP contribution in [0.4, 0.5) is 5.69 Å². The molecule has 1 aromatic rings. The summed E-state index contributed by atoms with van der Waals surface area (Å²) in [5.41, 5.74) is 6.37. The molecule has 2 fully saturated rings. The molecule has 3 rings (SSSR count). The average molecular weight is 242 g/mol. The highest BCUT2D eigenvalue weighted by Crippen LogP contribution is 2.63. The van der Waals surface area contributed by atoms with Gasteiger partial charge in [-0.1, -0.05) is 39.0 Å². The zero-order chi connectivity index (χ0) is 12.8. The van der Waals surface area contributed by atoms with Gasteiger partial charge in [0.15, 0.2) is 0 Å². The summed E-state index contributed by atoms with van der Waals surface area (Å²) < 4.78 is 0. The minimum atomic E-state index is 0.291. The quantitative estimate of drug-likeness (QED) is 0.768. The zero-order valence-electron chi connectivity index (χ0n) is 11.5. The third-order valence-corrected chi connectivity index (χ3v) is 5.61. The summed E-state index contributed by atoms with van der Waals surface area (Å²) in [6, 6.07) is 10.2. The molecule has 2 saturated carbocycles. The van der Waals surface area contributed by atoms with Crippen LogP contribution in [0.1, 0.15) is 40.0 Å². The van der Waals surface area contributed by atoms with Crippen molar-refractivity contribution in [2.75, 3.05) is 5.43 Å². The van der Waals surface area contributed by atoms with E-state index in [1.807, 2.05) is 18.2 Å². The molecule has 2 heteroatoms. The molecule has 96 valence electrons. The van der Waals surface area contributed by atoms with Crippen molar-refractivity contribution in [3.05, 3.63) is 30.3 Å². The van der Waals surface area contributed by atoms with Gasteiger partial charge in [0, 0.05) is 11.1 Å². The lowest BCUT2D eigenvalue weighted by molar-refractivity contribution is 0.194. The molecule has 2 aliphatic rings. The van der Waals surface area contributed by atoms with E-state index in [0.29, 0.717) is 10.8 Å². The van der Waals surface area contributed by atoms with Crippen LogP contribution in [-0.2, 0) is 0 Å². The lowest BCUT2D eigenvalue weighted by Crippen LogP contribution is -2.32. The molecule has 0 radical (unpaired) electrons. The van der Waals surface area contributed by atoms with Crippen molar-refractivity contribution in [3.63, 3.8) is 0 Å². The Bertz CT molecular complexity index is 475. The number of rotatable bonds is 2. The van der Waals surface area contributed by atoms with E-state index in [9.17, 15) is 0 Å². The van der Waals surface area contributed by atoms with Crippen LogP contribution < -0.4 is 5.43 Å². The fourth-order valence-corrected chi connectivity index (χ4v) is 3.74. The van der Waals surface area contributed by atoms with E-state index in [1.165, 1.54) is 25.0 Å². The number of benzene rings is 1. The number of nitrogens with zero attached hydrogens (tertiary/aromatic N) is 1. The first kappa shape index (κ1) is 11.8. The SMILES string of the molecule is CC12CCC(CC1=NNc1ccccc1)C2(C)C. The Kier molecular flexibility index (Phi) is 2.51. The predicted octanol–water partition coefficient (Wildman–Crippen LogP) is 4.30. The molecule has 0 aromatic heterocycles. The van der Waals surface area contributed by atoms with E-state index in [2.05, 4.69) is 38.3 Å². The van der Waals surface area contributed by atoms with Crippen LogP contribution in [0.5, 0.6) is 0 Å². The molecule has 2 aliphatic carbocycles. The van der Waals surface area contributed by atoms with Gasteiger partial charge in [-0.3, -0.25) is 5.43 Å². The minimum absolute atomic E-state index is 0.291. The summed E-state index contributed by atoms with van der Waals surface area (Å²) in [5.74, 6) is 0.818. The Morgan fingerprint density at radius 3 is 2.44 bits per heavy atom. The first-order valence-electron chi connectivity index (χ1n) is 6.92. The van der Waals surface area contributed by atoms with E-state index < -0.39 is 0 Å². The summed E-state index contributed by atoms with van der Waals surface area (Å²) in [6.07, 6.45) is 3.83. The lowest BCUT2D eigenvalue weighted by atomic mass is 9.70. The van der Waals surface area contributed by atoms with Gasteiger partial charge in [-0.25, -0.2) is 0 Å². The molecule has 0 heterocycles. The van der Waals surface area contributed by atoms with Crippen LogP contribution in [0, 0.1) is 16.7 Å². The van der Waals surface area contributed by atoms with Crippen molar-refractivity contribution in [2.45, 2.75) is 40.0 Å². The second-order valence-corrected chi connectivity index (χ2v) is 6.53. The van der Waals surface area contributed by atoms with Gasteiger partial charge >= 0.3 is 0 Å². The van der Waals surface area contributed by atoms with Gasteiger partial charge in [0.25, 0.3) is 0 Å². The molecule has 2 atom stereocenters. The summed E-state index contributed by atoms with van der Waals surface area (Å²) >= 11 is 0. The molecular formula is C16H22N2. The Morgan fingerprint density at radius 1 is 1.17 bits per heavy atom. The van der Waals surface area contributed by atoms with Crippen molar-refractivity contribution in [3.8, 4) is 0 Å². The van der Waals surface area contributed by atoms with Crippen molar-refractivity contribution < 1.29 is 0 Å². The number of anilines is 1. The van der Waals surface area contributed by atoms with Crippen LogP contribution in [0.2, 0.25) is 0 Å². The molecule has 2 bridgehead atoms. The monoisotopic (exact) mass is 242 g/mol. The largest absolute Gasteiger partial charge is 0.279 e. The average Bonchev–Trinajstić information content (AvgIpc) is 2.70. The highest BCUT2D eigenvalue weighted by molar-refractivity contribution is 5.94. The fourth-order valence-electron chi connectivity index (χ4n) is 3.74. The Hall–Kier alpha value is -1.31. The second kappa shape index (κ2) is 3.84. The maximum atomic E-state index is 4.71. The van der Waals surface area contributed by atoms with Crippen LogP contribution in [0.15, 0.2) is 35.4 Å². The van der Waals surface area contributed by atoms with E-state index in [-0.39, 0.29) is 0 Å². The maximum Gasteiger partial charge on any atom is 0.0561 e. The molecule has 1 aromatic carbocycles. The molecule has 0 saturated heterocycles. The van der Waals surface area contributed by atoms with Gasteiger partial charge in [-0.05, 0) is 42.7 Å². The smallest absolute Gasteiger partial charge is 0.0561 e. The van der Waals surface area contributed by atoms with Gasteiger partial charge in [-0.2, -0.15) is 5.10 Å². The number of hydrogen-bond acceptors (Lipinski definition) is 2. The Labute approximate surface area is 109 Å². The number of fused-ring (bicyclic) bond motifs is 2. The third kappa shape index (κ3) is 1.51. The molecule has 0 spiro atoms. The molecule has 0 amide bonds. The van der Waals surface area contributed by atoms with Gasteiger partial charge in [0.1, 0.15) is 0 Å². The highest BCUT2D eigenvalue weighted by atomic mass is 15.3. The van der Waals surface area contributed by atoms with Gasteiger partial charge in [0.05, 0.1) is 5.69 Å². The number of nitrogens with one attached hydrogen (secondary N) is 1. The molecule has 2 unspecified atom stereocenters. The normalized spacial score (nSPS) is 35.1. The third-order valence-electron chi connectivity index (χ3n) is 5.61. The summed E-state index contributed by atoms with van der Waals surface area (Å²) in [7, 11) is 0. The molecular weight excluding hydrogens is 220 g/mol. The van der Waals surface area contributed by atoms with Gasteiger partial charge < -0.3 is 0 Å². The molecule has 2 nitrogen and oxygen atoms in total. The molecule has 0 aliphatic heterocycles. The summed E-state index contributed by atoms with van der Waals surface area (Å²) in [5, 5.41) is 4.71. The standard InChI is InChI=1S/C16H22N2/c1-15(2)12-9-10-16(15,3)14(11-12)18-17-13-7-5-4-6-8-13/h4-8,12,17H,9-11H2,1-3H3. The Morgan fingerprint density at radius 2 is 1.89 bits per heavy atom. The highest BCUT2D eigenvalue weighted by Gasteiger charge is 2.59. The topological polar surface area (TPSA) is 24.4 Å². The van der Waals surface area contributed by atoms with E-state index >= 15 is 0 Å². The van der Waals surface area contributed by atoms with E-state index in [4.69, 9.17) is 5.10 Å². The van der Waals surface area contributed by atoms with Crippen molar-refractivity contribution in [1.29, 1.82) is 0 Å². The lowest BCUT2D eigenvalue weighted by Gasteiger charge is -2.34. The molecule has 1 N–H and O–H groups in total. The maximum absolute atomic E-state index is 4.71. The van der Waals surface area contributed by atoms with Crippen molar-refractivity contribution in [2.24, 2.45) is 21.8 Å². The van der Waals surface area contributed by atoms with Gasteiger partial charge in [-0.15, -0.1) is 0 Å². The minimum Gasteiger partial charge on any atom is -0.279 e. The van der Waals surface area contributed by atoms with Gasteiger partial charge in [0.2, 0.25) is 0 Å². The van der Waals surface area contributed by atoms with Crippen LogP contribution in [0.25, 0.3) is 0 Å². The van der Waals surface area contributed by atoms with Crippen molar-refractivity contribution in [1.82, 2.24) is 0 Å². The summed E-state index contributed by atoms with van der Waals surface area (Å²) in [4.78, 5) is 0. The Balaban J connectivity index is 1.83. The number of hydrogen-bond donors (Lipinski definition) is 1. The zero-order valence-corrected chi connectivity index (χ0v) is 11.5. The first-order valence-corrected chi connectivity index (χ1v) is 6.92. The molecule has 18 heavy (non-hydrogen) atoms. The number of hydrazone groups is 1. The second-order valence-electron chi connectivity index (χ2n) is 6.53. The first-order chi connectivity index (χ1) is 8.54. The summed E-state index contributed by atoms with van der Waals surface area (Å²) in [6.45, 7) is 7.22. The van der Waals surface area contributed by atoms with E-state index in [1.54, 1.807) is 0 Å².